The Bertz CT molecular complexity index is 958. The van der Waals surface area contributed by atoms with Gasteiger partial charge in [-0.25, -0.2) is 9.36 Å². The minimum atomic E-state index is -0.618. The first-order valence-electron chi connectivity index (χ1n) is 10.3. The van der Waals surface area contributed by atoms with E-state index in [2.05, 4.69) is 50.4 Å². The number of carbonyl (C=O) groups is 1. The van der Waals surface area contributed by atoms with Crippen LogP contribution in [0, 0.1) is 5.92 Å². The molecule has 1 heterocycles. The molecule has 0 fully saturated rings. The second-order valence-corrected chi connectivity index (χ2v) is 7.95. The number of methoxy groups -OCH3 is 1. The van der Waals surface area contributed by atoms with Crippen LogP contribution in [0.2, 0.25) is 0 Å². The summed E-state index contributed by atoms with van der Waals surface area (Å²) in [6, 6.07) is 22.5. The van der Waals surface area contributed by atoms with Crippen molar-refractivity contribution in [3.63, 3.8) is 0 Å². The highest BCUT2D eigenvalue weighted by atomic mass is 127. The predicted molar refractivity (Wildman–Crippen MR) is 118 cm³/mol. The van der Waals surface area contributed by atoms with E-state index in [1.54, 1.807) is 0 Å². The van der Waals surface area contributed by atoms with Crippen LogP contribution in [-0.4, -0.2) is 19.2 Å². The van der Waals surface area contributed by atoms with Gasteiger partial charge < -0.3 is 33.5 Å². The van der Waals surface area contributed by atoms with Crippen LogP contribution in [0.1, 0.15) is 37.5 Å². The average Bonchev–Trinajstić information content (AvgIpc) is 2.76. The molecular formula is C26H30INO3. The van der Waals surface area contributed by atoms with Crippen molar-refractivity contribution >= 4 is 5.97 Å². The summed E-state index contributed by atoms with van der Waals surface area (Å²) in [5.41, 5.74) is 4.29. The van der Waals surface area contributed by atoms with Crippen molar-refractivity contribution in [2.75, 3.05) is 7.11 Å². The lowest BCUT2D eigenvalue weighted by Crippen LogP contribution is -3.00. The number of ether oxygens (including phenoxy) is 2. The number of rotatable bonds is 8. The van der Waals surface area contributed by atoms with Gasteiger partial charge >= 0.3 is 5.97 Å². The van der Waals surface area contributed by atoms with E-state index in [1.165, 1.54) is 7.11 Å². The SMILES string of the molecule is COC(=O)[C@H](CC(C)C)OC(c1ccccc1)c1ccc(-c2ccc[n+](C)c2)cc1.[I-]. The lowest BCUT2D eigenvalue weighted by molar-refractivity contribution is -0.671. The molecule has 0 saturated heterocycles. The zero-order valence-corrected chi connectivity index (χ0v) is 20.7. The summed E-state index contributed by atoms with van der Waals surface area (Å²) in [4.78, 5) is 12.4. The third kappa shape index (κ3) is 6.87. The van der Waals surface area contributed by atoms with Gasteiger partial charge in [-0.15, -0.1) is 0 Å². The molecule has 3 rings (SSSR count). The number of esters is 1. The maximum atomic E-state index is 12.4. The molecule has 0 radical (unpaired) electrons. The van der Waals surface area contributed by atoms with Gasteiger partial charge in [-0.05, 0) is 35.1 Å². The zero-order chi connectivity index (χ0) is 21.5. The fourth-order valence-corrected chi connectivity index (χ4v) is 3.52. The van der Waals surface area contributed by atoms with Crippen molar-refractivity contribution in [1.29, 1.82) is 0 Å². The van der Waals surface area contributed by atoms with Crippen LogP contribution in [0.4, 0.5) is 0 Å². The quantitative estimate of drug-likeness (QED) is 0.253. The predicted octanol–water partition coefficient (Wildman–Crippen LogP) is 1.88. The molecule has 4 nitrogen and oxygen atoms in total. The molecule has 1 unspecified atom stereocenters. The first-order chi connectivity index (χ1) is 14.5. The van der Waals surface area contributed by atoms with Gasteiger partial charge in [0.2, 0.25) is 0 Å². The molecule has 0 bridgehead atoms. The number of hydrogen-bond acceptors (Lipinski definition) is 3. The van der Waals surface area contributed by atoms with E-state index < -0.39 is 6.10 Å². The van der Waals surface area contributed by atoms with Crippen molar-refractivity contribution in [3.8, 4) is 11.1 Å². The number of aromatic nitrogens is 1. The molecule has 164 valence electrons. The van der Waals surface area contributed by atoms with E-state index in [9.17, 15) is 4.79 Å². The molecule has 0 N–H and O–H groups in total. The van der Waals surface area contributed by atoms with E-state index in [0.29, 0.717) is 12.3 Å². The summed E-state index contributed by atoms with van der Waals surface area (Å²) in [6.07, 6.45) is 3.74. The van der Waals surface area contributed by atoms with E-state index in [1.807, 2.05) is 54.2 Å². The Morgan fingerprint density at radius 3 is 2.13 bits per heavy atom. The number of hydrogen-bond donors (Lipinski definition) is 0. The molecule has 0 spiro atoms. The number of carbonyl (C=O) groups excluding carboxylic acids is 1. The lowest BCUT2D eigenvalue weighted by Gasteiger charge is -2.25. The molecular weight excluding hydrogens is 501 g/mol. The van der Waals surface area contributed by atoms with Gasteiger partial charge in [0.1, 0.15) is 13.2 Å². The zero-order valence-electron chi connectivity index (χ0n) is 18.5. The monoisotopic (exact) mass is 531 g/mol. The summed E-state index contributed by atoms with van der Waals surface area (Å²) in [5.74, 6) is -0.0234. The number of benzene rings is 2. The van der Waals surface area contributed by atoms with Crippen LogP contribution in [0.25, 0.3) is 11.1 Å². The summed E-state index contributed by atoms with van der Waals surface area (Å²) in [7, 11) is 3.42. The molecule has 5 heteroatoms. The summed E-state index contributed by atoms with van der Waals surface area (Å²) < 4.78 is 13.4. The van der Waals surface area contributed by atoms with Gasteiger partial charge in [-0.1, -0.05) is 68.4 Å². The van der Waals surface area contributed by atoms with Gasteiger partial charge in [0, 0.05) is 11.6 Å². The highest BCUT2D eigenvalue weighted by Crippen LogP contribution is 2.31. The maximum Gasteiger partial charge on any atom is 0.335 e. The van der Waals surface area contributed by atoms with Crippen LogP contribution in [-0.2, 0) is 21.3 Å². The number of pyridine rings is 1. The number of aryl methyl sites for hydroxylation is 1. The third-order valence-corrected chi connectivity index (χ3v) is 5.04. The van der Waals surface area contributed by atoms with Crippen molar-refractivity contribution in [3.05, 3.63) is 90.3 Å². The summed E-state index contributed by atoms with van der Waals surface area (Å²) in [5, 5.41) is 0. The Morgan fingerprint density at radius 2 is 1.55 bits per heavy atom. The van der Waals surface area contributed by atoms with Crippen molar-refractivity contribution in [2.24, 2.45) is 13.0 Å². The number of halogens is 1. The maximum absolute atomic E-state index is 12.4. The Hall–Kier alpha value is -2.25. The van der Waals surface area contributed by atoms with Gasteiger partial charge in [0.05, 0.1) is 7.11 Å². The summed E-state index contributed by atoms with van der Waals surface area (Å²) in [6.45, 7) is 4.15. The van der Waals surface area contributed by atoms with Crippen LogP contribution in [0.5, 0.6) is 0 Å². The molecule has 0 aliphatic rings. The van der Waals surface area contributed by atoms with Crippen LogP contribution in [0.15, 0.2) is 79.1 Å². The normalized spacial score (nSPS) is 12.7. The molecule has 2 aromatic carbocycles. The smallest absolute Gasteiger partial charge is 0.335 e. The second kappa shape index (κ2) is 12.0. The van der Waals surface area contributed by atoms with Crippen molar-refractivity contribution in [1.82, 2.24) is 0 Å². The largest absolute Gasteiger partial charge is 1.00 e. The highest BCUT2D eigenvalue weighted by molar-refractivity contribution is 5.74. The Balaban J connectivity index is 0.00000341. The van der Waals surface area contributed by atoms with Crippen LogP contribution in [0.3, 0.4) is 0 Å². The van der Waals surface area contributed by atoms with Gasteiger partial charge in [-0.3, -0.25) is 0 Å². The Kier molecular flexibility index (Phi) is 9.65. The first kappa shape index (κ1) is 25.0. The molecule has 3 aromatic rings. The molecule has 0 aliphatic heterocycles. The standard InChI is InChI=1S/C26H30NO3.HI/c1-19(2)17-24(26(28)29-4)30-25(21-9-6-5-7-10-21)22-14-12-20(13-15-22)23-11-8-16-27(3)18-23;/h5-16,18-19,24-25H,17H2,1-4H3;1H/q+1;/p-1/t24-,25?;/m0./s1. The van der Waals surface area contributed by atoms with E-state index in [-0.39, 0.29) is 36.0 Å². The van der Waals surface area contributed by atoms with Crippen molar-refractivity contribution in [2.45, 2.75) is 32.5 Å². The highest BCUT2D eigenvalue weighted by Gasteiger charge is 2.27. The first-order valence-corrected chi connectivity index (χ1v) is 10.3. The minimum Gasteiger partial charge on any atom is -1.00 e. The van der Waals surface area contributed by atoms with E-state index >= 15 is 0 Å². The topological polar surface area (TPSA) is 39.4 Å². The van der Waals surface area contributed by atoms with Crippen molar-refractivity contribution < 1.29 is 42.8 Å². The van der Waals surface area contributed by atoms with Crippen LogP contribution < -0.4 is 28.5 Å². The molecule has 0 amide bonds. The fraction of sp³-hybridized carbons (Fsp3) is 0.308. The van der Waals surface area contributed by atoms with Gasteiger partial charge in [-0.2, -0.15) is 0 Å². The van der Waals surface area contributed by atoms with Gasteiger partial charge in [0.15, 0.2) is 18.5 Å². The Morgan fingerprint density at radius 1 is 0.903 bits per heavy atom. The Labute approximate surface area is 202 Å². The minimum absolute atomic E-state index is 0. The molecule has 1 aromatic heterocycles. The average molecular weight is 531 g/mol. The molecule has 0 saturated carbocycles. The second-order valence-electron chi connectivity index (χ2n) is 7.95. The molecule has 2 atom stereocenters. The third-order valence-electron chi connectivity index (χ3n) is 5.04. The van der Waals surface area contributed by atoms with E-state index in [0.717, 1.165) is 22.3 Å². The number of nitrogens with zero attached hydrogens (tertiary/aromatic N) is 1. The molecule has 0 aliphatic carbocycles. The fourth-order valence-electron chi connectivity index (χ4n) is 3.52. The van der Waals surface area contributed by atoms with Gasteiger partial charge in [0.25, 0.3) is 0 Å². The van der Waals surface area contributed by atoms with Crippen LogP contribution >= 0.6 is 0 Å². The molecule has 31 heavy (non-hydrogen) atoms. The van der Waals surface area contributed by atoms with E-state index in [4.69, 9.17) is 9.47 Å². The summed E-state index contributed by atoms with van der Waals surface area (Å²) >= 11 is 0. The lowest BCUT2D eigenvalue weighted by atomic mass is 9.97.